The maximum atomic E-state index is 13.1. The molecule has 0 radical (unpaired) electrons. The van der Waals surface area contributed by atoms with Crippen molar-refractivity contribution in [2.24, 2.45) is 5.92 Å². The number of aliphatic hydroxyl groups excluding tert-OH is 1. The SMILES string of the molecule is CC[C@@H](C)C(=O)c1c(O)c(C/C=C(\C)CCC=C(C)C)c2oc(=O)cc([C@@H](O)CC)c2c1O. The van der Waals surface area contributed by atoms with Gasteiger partial charge in [-0.25, -0.2) is 4.79 Å². The Morgan fingerprint density at radius 3 is 2.33 bits per heavy atom. The zero-order valence-electron chi connectivity index (χ0n) is 20.5. The van der Waals surface area contributed by atoms with Gasteiger partial charge in [-0.1, -0.05) is 44.1 Å². The molecule has 6 heteroatoms. The van der Waals surface area contributed by atoms with Gasteiger partial charge in [-0.15, -0.1) is 0 Å². The number of ketones is 1. The number of carbonyl (C=O) groups excluding carboxylic acids is 1. The van der Waals surface area contributed by atoms with Crippen LogP contribution in [0.1, 0.15) is 94.8 Å². The molecule has 3 N–H and O–H groups in total. The number of aromatic hydroxyl groups is 2. The summed E-state index contributed by atoms with van der Waals surface area (Å²) in [7, 11) is 0. The molecule has 6 nitrogen and oxygen atoms in total. The van der Waals surface area contributed by atoms with Crippen LogP contribution in [0, 0.1) is 5.92 Å². The summed E-state index contributed by atoms with van der Waals surface area (Å²) in [6.07, 6.45) is 5.77. The van der Waals surface area contributed by atoms with Gasteiger partial charge < -0.3 is 19.7 Å². The lowest BCUT2D eigenvalue weighted by molar-refractivity contribution is 0.0921. The zero-order valence-corrected chi connectivity index (χ0v) is 20.5. The highest BCUT2D eigenvalue weighted by Crippen LogP contribution is 2.44. The first kappa shape index (κ1) is 26.4. The van der Waals surface area contributed by atoms with Crippen molar-refractivity contribution < 1.29 is 24.5 Å². The lowest BCUT2D eigenvalue weighted by Crippen LogP contribution is -2.13. The van der Waals surface area contributed by atoms with Crippen molar-refractivity contribution in [2.45, 2.75) is 79.8 Å². The molecule has 0 saturated heterocycles. The monoisotopic (exact) mass is 456 g/mol. The van der Waals surface area contributed by atoms with E-state index in [1.807, 2.05) is 33.8 Å². The van der Waals surface area contributed by atoms with E-state index in [0.29, 0.717) is 12.8 Å². The molecule has 0 spiro atoms. The van der Waals surface area contributed by atoms with E-state index in [1.165, 1.54) is 5.57 Å². The van der Waals surface area contributed by atoms with E-state index in [4.69, 9.17) is 4.42 Å². The fourth-order valence-corrected chi connectivity index (χ4v) is 3.77. The van der Waals surface area contributed by atoms with Crippen molar-refractivity contribution in [1.82, 2.24) is 0 Å². The zero-order chi connectivity index (χ0) is 24.9. The molecule has 1 heterocycles. The molecule has 180 valence electrons. The third-order valence-electron chi connectivity index (χ3n) is 6.06. The van der Waals surface area contributed by atoms with Gasteiger partial charge in [0.2, 0.25) is 0 Å². The minimum absolute atomic E-state index is 0.00551. The molecule has 2 atom stereocenters. The van der Waals surface area contributed by atoms with Crippen LogP contribution in [0.25, 0.3) is 11.0 Å². The number of rotatable bonds is 10. The topological polar surface area (TPSA) is 108 Å². The van der Waals surface area contributed by atoms with Crippen molar-refractivity contribution in [1.29, 1.82) is 0 Å². The van der Waals surface area contributed by atoms with E-state index in [2.05, 4.69) is 6.08 Å². The van der Waals surface area contributed by atoms with E-state index >= 15 is 0 Å². The Morgan fingerprint density at radius 1 is 1.09 bits per heavy atom. The number of carbonyl (C=O) groups is 1. The minimum atomic E-state index is -1.03. The Labute approximate surface area is 195 Å². The van der Waals surface area contributed by atoms with E-state index in [0.717, 1.165) is 24.5 Å². The summed E-state index contributed by atoms with van der Waals surface area (Å²) < 4.78 is 5.42. The molecule has 0 bridgehead atoms. The maximum absolute atomic E-state index is 13.1. The fraction of sp³-hybridized carbons (Fsp3) is 0.481. The Kier molecular flexibility index (Phi) is 9.06. The average molecular weight is 457 g/mol. The standard InChI is InChI=1S/C27H36O6/c1-7-17(6)24(30)23-25(31)18(13-12-16(5)11-9-10-15(3)4)27-22(26(23)32)19(20(28)8-2)14-21(29)33-27/h10,12,14,17,20,28,31-32H,7-9,11,13H2,1-6H3/b16-12+/t17-,20+/m1/s1. The predicted octanol–water partition coefficient (Wildman–Crippen LogP) is 6.11. The van der Waals surface area contributed by atoms with E-state index in [-0.39, 0.29) is 39.8 Å². The Morgan fingerprint density at radius 2 is 1.76 bits per heavy atom. The number of benzene rings is 1. The summed E-state index contributed by atoms with van der Waals surface area (Å²) >= 11 is 0. The van der Waals surface area contributed by atoms with Gasteiger partial charge in [-0.05, 0) is 52.9 Å². The number of Topliss-reactive ketones (excluding diaryl/α,β-unsaturated/α-hetero) is 1. The van der Waals surface area contributed by atoms with E-state index in [9.17, 15) is 24.9 Å². The molecule has 1 aromatic heterocycles. The van der Waals surface area contributed by atoms with Gasteiger partial charge in [-0.3, -0.25) is 4.79 Å². The number of phenols is 2. The molecule has 0 aliphatic rings. The van der Waals surface area contributed by atoms with Gasteiger partial charge in [0.25, 0.3) is 0 Å². The molecule has 0 amide bonds. The number of fused-ring (bicyclic) bond motifs is 1. The highest BCUT2D eigenvalue weighted by molar-refractivity contribution is 6.09. The third kappa shape index (κ3) is 5.93. The van der Waals surface area contributed by atoms with Crippen LogP contribution in [-0.2, 0) is 6.42 Å². The number of hydrogen-bond acceptors (Lipinski definition) is 6. The van der Waals surface area contributed by atoms with Gasteiger partial charge in [0.1, 0.15) is 22.6 Å². The van der Waals surface area contributed by atoms with Gasteiger partial charge >= 0.3 is 5.63 Å². The lowest BCUT2D eigenvalue weighted by Gasteiger charge is -2.19. The first-order valence-corrected chi connectivity index (χ1v) is 11.6. The van der Waals surface area contributed by atoms with Crippen molar-refractivity contribution >= 4 is 16.8 Å². The van der Waals surface area contributed by atoms with Gasteiger partial charge in [0.05, 0.1) is 11.5 Å². The van der Waals surface area contributed by atoms with Crippen molar-refractivity contribution in [3.05, 3.63) is 56.5 Å². The quantitative estimate of drug-likeness (QED) is 0.226. The predicted molar refractivity (Wildman–Crippen MR) is 131 cm³/mol. The second-order valence-corrected chi connectivity index (χ2v) is 8.95. The minimum Gasteiger partial charge on any atom is -0.507 e. The highest BCUT2D eigenvalue weighted by atomic mass is 16.4. The second-order valence-electron chi connectivity index (χ2n) is 8.95. The van der Waals surface area contributed by atoms with Crippen LogP contribution in [-0.4, -0.2) is 21.1 Å². The lowest BCUT2D eigenvalue weighted by atomic mass is 9.89. The van der Waals surface area contributed by atoms with Gasteiger partial charge in [-0.2, -0.15) is 0 Å². The first-order valence-electron chi connectivity index (χ1n) is 11.6. The van der Waals surface area contributed by atoms with Crippen LogP contribution in [0.4, 0.5) is 0 Å². The van der Waals surface area contributed by atoms with Crippen LogP contribution in [0.15, 0.2) is 38.6 Å². The summed E-state index contributed by atoms with van der Waals surface area (Å²) in [6, 6.07) is 1.13. The van der Waals surface area contributed by atoms with Crippen LogP contribution >= 0.6 is 0 Å². The second kappa shape index (κ2) is 11.3. The number of hydrogen-bond donors (Lipinski definition) is 3. The Balaban J connectivity index is 2.79. The largest absolute Gasteiger partial charge is 0.507 e. The smallest absolute Gasteiger partial charge is 0.336 e. The third-order valence-corrected chi connectivity index (χ3v) is 6.06. The van der Waals surface area contributed by atoms with E-state index in [1.54, 1.807) is 13.8 Å². The fourth-order valence-electron chi connectivity index (χ4n) is 3.77. The summed E-state index contributed by atoms with van der Waals surface area (Å²) in [6.45, 7) is 11.4. The van der Waals surface area contributed by atoms with E-state index < -0.39 is 29.2 Å². The van der Waals surface area contributed by atoms with Crippen molar-refractivity contribution in [3.63, 3.8) is 0 Å². The van der Waals surface area contributed by atoms with Crippen molar-refractivity contribution in [2.75, 3.05) is 0 Å². The summed E-state index contributed by atoms with van der Waals surface area (Å²) in [4.78, 5) is 25.4. The van der Waals surface area contributed by atoms with Crippen LogP contribution in [0.3, 0.4) is 0 Å². The summed E-state index contributed by atoms with van der Waals surface area (Å²) in [5, 5.41) is 32.8. The average Bonchev–Trinajstić information content (AvgIpc) is 2.76. The van der Waals surface area contributed by atoms with Crippen LogP contribution in [0.2, 0.25) is 0 Å². The first-order chi connectivity index (χ1) is 15.5. The Bertz CT molecular complexity index is 1130. The normalized spacial score (nSPS) is 13.7. The molecule has 0 aliphatic carbocycles. The van der Waals surface area contributed by atoms with Crippen LogP contribution in [0.5, 0.6) is 11.5 Å². The van der Waals surface area contributed by atoms with Crippen LogP contribution < -0.4 is 5.63 Å². The molecule has 0 unspecified atom stereocenters. The molecule has 1 aromatic carbocycles. The van der Waals surface area contributed by atoms with Gasteiger partial charge in [0, 0.05) is 23.1 Å². The number of phenolic OH excluding ortho intramolecular Hbond substituents is 2. The molecule has 0 aliphatic heterocycles. The number of allylic oxidation sites excluding steroid dienone is 4. The molecular formula is C27H36O6. The maximum Gasteiger partial charge on any atom is 0.336 e. The molecule has 2 aromatic rings. The molecule has 33 heavy (non-hydrogen) atoms. The molecule has 2 rings (SSSR count). The summed E-state index contributed by atoms with van der Waals surface area (Å²) in [5.41, 5.74) is 1.85. The Hall–Kier alpha value is -2.86. The molecular weight excluding hydrogens is 420 g/mol. The number of aliphatic hydroxyl groups is 1. The molecule has 0 fully saturated rings. The molecule has 0 saturated carbocycles. The highest BCUT2D eigenvalue weighted by Gasteiger charge is 2.30. The van der Waals surface area contributed by atoms with Gasteiger partial charge in [0.15, 0.2) is 5.78 Å². The van der Waals surface area contributed by atoms with Crippen molar-refractivity contribution in [3.8, 4) is 11.5 Å². The summed E-state index contributed by atoms with van der Waals surface area (Å²) in [5.74, 6) is -1.68.